The summed E-state index contributed by atoms with van der Waals surface area (Å²) >= 11 is 0. The minimum absolute atomic E-state index is 0.556. The average molecular weight is 237 g/mol. The van der Waals surface area contributed by atoms with Gasteiger partial charge in [-0.2, -0.15) is 0 Å². The molecule has 0 amide bonds. The first kappa shape index (κ1) is 12.4. The fourth-order valence-electron chi connectivity index (χ4n) is 2.57. The van der Waals surface area contributed by atoms with E-state index >= 15 is 0 Å². The van der Waals surface area contributed by atoms with Crippen LogP contribution in [0, 0.1) is 6.92 Å². The molecule has 0 bridgehead atoms. The van der Waals surface area contributed by atoms with Crippen molar-refractivity contribution >= 4 is 0 Å². The van der Waals surface area contributed by atoms with Crippen LogP contribution < -0.4 is 10.1 Å². The lowest BCUT2D eigenvalue weighted by atomic mass is 9.86. The van der Waals surface area contributed by atoms with E-state index in [1.165, 1.54) is 0 Å². The van der Waals surface area contributed by atoms with E-state index in [-0.39, 0.29) is 0 Å². The van der Waals surface area contributed by atoms with Gasteiger partial charge < -0.3 is 10.1 Å². The van der Waals surface area contributed by atoms with Crippen molar-refractivity contribution in [1.82, 2.24) is 5.32 Å². The third kappa shape index (κ3) is 2.60. The summed E-state index contributed by atoms with van der Waals surface area (Å²) in [6.07, 6.45) is 2.05. The topological polar surface area (TPSA) is 21.3 Å². The summed E-state index contributed by atoms with van der Waals surface area (Å²) in [6, 6.07) is 5.64. The molecule has 0 aliphatic carbocycles. The first-order valence-electron chi connectivity index (χ1n) is 6.20. The van der Waals surface area contributed by atoms with Gasteiger partial charge in [-0.05, 0) is 62.5 Å². The zero-order valence-electron chi connectivity index (χ0n) is 10.6. The quantitative estimate of drug-likeness (QED) is 0.854. The Hall–Kier alpha value is -1.09. The Bertz CT molecular complexity index is 384. The molecule has 0 spiro atoms. The zero-order chi connectivity index (χ0) is 12.3. The van der Waals surface area contributed by atoms with Crippen molar-refractivity contribution in [2.45, 2.75) is 31.9 Å². The van der Waals surface area contributed by atoms with Crippen LogP contribution in [0.2, 0.25) is 0 Å². The Kier molecular flexibility index (Phi) is 3.67. The number of alkyl halides is 1. The highest BCUT2D eigenvalue weighted by molar-refractivity contribution is 5.38. The number of ether oxygens (including phenoxy) is 1. The molecule has 2 rings (SSSR count). The highest BCUT2D eigenvalue weighted by Gasteiger charge is 2.33. The monoisotopic (exact) mass is 237 g/mol. The van der Waals surface area contributed by atoms with Gasteiger partial charge in [0, 0.05) is 0 Å². The third-order valence-corrected chi connectivity index (χ3v) is 3.54. The van der Waals surface area contributed by atoms with Crippen LogP contribution in [0.5, 0.6) is 5.75 Å². The number of aryl methyl sites for hydroxylation is 1. The van der Waals surface area contributed by atoms with Gasteiger partial charge in [0.2, 0.25) is 0 Å². The second-order valence-electron chi connectivity index (χ2n) is 4.75. The molecule has 1 unspecified atom stereocenters. The van der Waals surface area contributed by atoms with Gasteiger partial charge >= 0.3 is 0 Å². The molecule has 1 aromatic rings. The molecular weight excluding hydrogens is 217 g/mol. The fraction of sp³-hybridized carbons (Fsp3) is 0.571. The van der Waals surface area contributed by atoms with E-state index in [0.717, 1.165) is 36.4 Å². The van der Waals surface area contributed by atoms with Crippen LogP contribution in [0.15, 0.2) is 18.2 Å². The van der Waals surface area contributed by atoms with Crippen molar-refractivity contribution in [2.24, 2.45) is 0 Å². The van der Waals surface area contributed by atoms with Crippen molar-refractivity contribution in [1.29, 1.82) is 0 Å². The molecule has 1 aromatic carbocycles. The van der Waals surface area contributed by atoms with Crippen molar-refractivity contribution in [2.75, 3.05) is 20.2 Å². The molecule has 1 N–H and O–H groups in total. The molecule has 1 aliphatic heterocycles. The molecular formula is C14H20FNO. The Morgan fingerprint density at radius 2 is 2.12 bits per heavy atom. The maximum absolute atomic E-state index is 15.0. The van der Waals surface area contributed by atoms with Crippen LogP contribution in [0.3, 0.4) is 0 Å². The Morgan fingerprint density at radius 3 is 2.82 bits per heavy atom. The smallest absolute Gasteiger partial charge is 0.137 e. The minimum Gasteiger partial charge on any atom is -0.497 e. The van der Waals surface area contributed by atoms with E-state index in [4.69, 9.17) is 4.74 Å². The highest BCUT2D eigenvalue weighted by Crippen LogP contribution is 2.38. The second-order valence-corrected chi connectivity index (χ2v) is 4.75. The number of methoxy groups -OCH3 is 1. The molecule has 94 valence electrons. The van der Waals surface area contributed by atoms with Crippen LogP contribution in [0.25, 0.3) is 0 Å². The van der Waals surface area contributed by atoms with Crippen molar-refractivity contribution in [3.05, 3.63) is 29.3 Å². The predicted molar refractivity (Wildman–Crippen MR) is 67.2 cm³/mol. The Morgan fingerprint density at radius 1 is 1.29 bits per heavy atom. The SMILES string of the molecule is COc1ccc(C2(F)CCCNCC2)c(C)c1. The van der Waals surface area contributed by atoms with Gasteiger partial charge in [-0.3, -0.25) is 0 Å². The summed E-state index contributed by atoms with van der Waals surface area (Å²) in [7, 11) is 1.63. The average Bonchev–Trinajstić information content (AvgIpc) is 2.54. The van der Waals surface area contributed by atoms with Crippen molar-refractivity contribution < 1.29 is 9.13 Å². The molecule has 1 atom stereocenters. The molecule has 17 heavy (non-hydrogen) atoms. The van der Waals surface area contributed by atoms with Crippen LogP contribution in [-0.4, -0.2) is 20.2 Å². The Labute approximate surface area is 102 Å². The van der Waals surface area contributed by atoms with Gasteiger partial charge in [0.25, 0.3) is 0 Å². The van der Waals surface area contributed by atoms with Crippen molar-refractivity contribution in [3.63, 3.8) is 0 Å². The second kappa shape index (κ2) is 5.05. The van der Waals surface area contributed by atoms with E-state index < -0.39 is 5.67 Å². The first-order valence-corrected chi connectivity index (χ1v) is 6.20. The number of hydrogen-bond acceptors (Lipinski definition) is 2. The molecule has 0 aromatic heterocycles. The zero-order valence-corrected chi connectivity index (χ0v) is 10.6. The molecule has 0 saturated carbocycles. The van der Waals surface area contributed by atoms with E-state index in [1.807, 2.05) is 25.1 Å². The van der Waals surface area contributed by atoms with Crippen molar-refractivity contribution in [3.8, 4) is 5.75 Å². The minimum atomic E-state index is -1.18. The maximum atomic E-state index is 15.0. The van der Waals surface area contributed by atoms with Gasteiger partial charge in [-0.1, -0.05) is 6.07 Å². The van der Waals surface area contributed by atoms with Crippen LogP contribution in [-0.2, 0) is 5.67 Å². The van der Waals surface area contributed by atoms with Gasteiger partial charge in [-0.15, -0.1) is 0 Å². The van der Waals surface area contributed by atoms with Crippen LogP contribution in [0.1, 0.15) is 30.4 Å². The lowest BCUT2D eigenvalue weighted by Gasteiger charge is -2.26. The molecule has 1 heterocycles. The van der Waals surface area contributed by atoms with Gasteiger partial charge in [0.1, 0.15) is 11.4 Å². The van der Waals surface area contributed by atoms with Crippen LogP contribution in [0.4, 0.5) is 4.39 Å². The number of nitrogens with one attached hydrogen (secondary N) is 1. The van der Waals surface area contributed by atoms with Crippen LogP contribution >= 0.6 is 0 Å². The third-order valence-electron chi connectivity index (χ3n) is 3.54. The normalized spacial score (nSPS) is 25.4. The van der Waals surface area contributed by atoms with Gasteiger partial charge in [0.15, 0.2) is 0 Å². The summed E-state index contributed by atoms with van der Waals surface area (Å²) in [5.74, 6) is 0.793. The summed E-state index contributed by atoms with van der Waals surface area (Å²) in [5.41, 5.74) is 0.621. The summed E-state index contributed by atoms with van der Waals surface area (Å²) in [4.78, 5) is 0. The summed E-state index contributed by atoms with van der Waals surface area (Å²) < 4.78 is 20.1. The maximum Gasteiger partial charge on any atom is 0.137 e. The number of benzene rings is 1. The Balaban J connectivity index is 2.31. The van der Waals surface area contributed by atoms with E-state index in [2.05, 4.69) is 5.32 Å². The number of halogens is 1. The fourth-order valence-corrected chi connectivity index (χ4v) is 2.57. The van der Waals surface area contributed by atoms with Gasteiger partial charge in [-0.25, -0.2) is 4.39 Å². The van der Waals surface area contributed by atoms with E-state index in [9.17, 15) is 4.39 Å². The lowest BCUT2D eigenvalue weighted by Crippen LogP contribution is -2.23. The number of rotatable bonds is 2. The molecule has 1 saturated heterocycles. The summed E-state index contributed by atoms with van der Waals surface area (Å²) in [6.45, 7) is 3.63. The molecule has 0 radical (unpaired) electrons. The molecule has 1 aliphatic rings. The molecule has 3 heteroatoms. The van der Waals surface area contributed by atoms with Gasteiger partial charge in [0.05, 0.1) is 7.11 Å². The largest absolute Gasteiger partial charge is 0.497 e. The molecule has 2 nitrogen and oxygen atoms in total. The standard InChI is InChI=1S/C14H20FNO/c1-11-10-12(17-2)4-5-13(11)14(15)6-3-8-16-9-7-14/h4-5,10,16H,3,6-9H2,1-2H3. The van der Waals surface area contributed by atoms with E-state index in [1.54, 1.807) is 7.11 Å². The number of hydrogen-bond donors (Lipinski definition) is 1. The predicted octanol–water partition coefficient (Wildman–Crippen LogP) is 2.94. The summed E-state index contributed by atoms with van der Waals surface area (Å²) in [5, 5.41) is 3.25. The highest BCUT2D eigenvalue weighted by atomic mass is 19.1. The van der Waals surface area contributed by atoms with E-state index in [0.29, 0.717) is 12.8 Å². The lowest BCUT2D eigenvalue weighted by molar-refractivity contribution is 0.144. The molecule has 1 fully saturated rings. The first-order chi connectivity index (χ1) is 8.15.